The van der Waals surface area contributed by atoms with E-state index in [0.29, 0.717) is 0 Å². The SMILES string of the molecule is c1ccc(-c2c(-c3ccc(-c4cc(-c5ccc6ccccc6c5)cc(-c5ccccn5)c4)cc3)nc3ccccn23)cc1.c1ccc(-c2c(-c3ccc(-c4cc(-c5cccnc5)cc(-c5ccc6ccccc6c5)c4)cc3)nc3ccccn23)cc1.c1ccc(-c2c(-c3ccc(-c4cc(-c5ccncc5)cc(-c5ccc6ccccc6c5)c4)cc3)nc3ccccn23)cc1. The second kappa shape index (κ2) is 34.7. The number of imidazole rings is 3. The van der Waals surface area contributed by atoms with Gasteiger partial charge in [-0.25, -0.2) is 15.0 Å². The van der Waals surface area contributed by atoms with Crippen LogP contribution in [-0.2, 0) is 0 Å². The van der Waals surface area contributed by atoms with Gasteiger partial charge in [-0.15, -0.1) is 0 Å². The summed E-state index contributed by atoms with van der Waals surface area (Å²) in [4.78, 5) is 28.5. The van der Waals surface area contributed by atoms with Crippen molar-refractivity contribution in [2.45, 2.75) is 0 Å². The molecule has 0 bridgehead atoms. The first-order chi connectivity index (χ1) is 63.9. The van der Waals surface area contributed by atoms with Gasteiger partial charge in [0.25, 0.3) is 0 Å². The van der Waals surface area contributed by atoms with Gasteiger partial charge in [-0.05, 0) is 255 Å². The van der Waals surface area contributed by atoms with E-state index in [1.165, 1.54) is 76.8 Å². The lowest BCUT2D eigenvalue weighted by atomic mass is 9.92. The molecule has 0 radical (unpaired) electrons. The normalized spacial score (nSPS) is 11.3. The van der Waals surface area contributed by atoms with Gasteiger partial charge in [-0.3, -0.25) is 28.2 Å². The average Bonchev–Trinajstić information content (AvgIpc) is 1.69. The summed E-state index contributed by atoms with van der Waals surface area (Å²) in [6, 6.07) is 157. The molecule has 129 heavy (non-hydrogen) atoms. The largest absolute Gasteiger partial charge is 0.299 e. The summed E-state index contributed by atoms with van der Waals surface area (Å²) in [5, 5.41) is 7.43. The van der Waals surface area contributed by atoms with Gasteiger partial charge in [0.2, 0.25) is 0 Å². The third kappa shape index (κ3) is 16.0. The molecule has 9 heteroatoms. The molecule has 0 N–H and O–H groups in total. The van der Waals surface area contributed by atoms with Crippen molar-refractivity contribution in [1.82, 2.24) is 43.1 Å². The molecule has 0 amide bonds. The predicted octanol–water partition coefficient (Wildman–Crippen LogP) is 30.7. The lowest BCUT2D eigenvalue weighted by Crippen LogP contribution is -1.90. The third-order valence-corrected chi connectivity index (χ3v) is 24.2. The van der Waals surface area contributed by atoms with Crippen molar-refractivity contribution in [1.29, 1.82) is 0 Å². The Labute approximate surface area is 747 Å². The number of rotatable bonds is 15. The summed E-state index contributed by atoms with van der Waals surface area (Å²) >= 11 is 0. The number of hydrogen-bond donors (Lipinski definition) is 0. The van der Waals surface area contributed by atoms with E-state index < -0.39 is 0 Å². The topological polar surface area (TPSA) is 90.6 Å². The maximum atomic E-state index is 5.05. The van der Waals surface area contributed by atoms with Crippen LogP contribution in [0.25, 0.3) is 217 Å². The van der Waals surface area contributed by atoms with Crippen LogP contribution in [0.1, 0.15) is 0 Å². The van der Waals surface area contributed by atoms with E-state index >= 15 is 0 Å². The van der Waals surface area contributed by atoms with Gasteiger partial charge < -0.3 is 0 Å². The Bertz CT molecular complexity index is 7410. The van der Waals surface area contributed by atoms with E-state index in [2.05, 4.69) is 435 Å². The van der Waals surface area contributed by atoms with Gasteiger partial charge in [-0.1, -0.05) is 303 Å². The second-order valence-corrected chi connectivity index (χ2v) is 32.3. The number of hydrogen-bond acceptors (Lipinski definition) is 6. The Hall–Kier alpha value is -17.4. The van der Waals surface area contributed by atoms with Crippen LogP contribution in [0.5, 0.6) is 0 Å². The van der Waals surface area contributed by atoms with Crippen molar-refractivity contribution in [2.24, 2.45) is 0 Å². The Morgan fingerprint density at radius 2 is 0.442 bits per heavy atom. The molecular weight excluding hydrogens is 1570 g/mol. The summed E-state index contributed by atoms with van der Waals surface area (Å²) in [6.45, 7) is 0. The highest BCUT2D eigenvalue weighted by atomic mass is 15.0. The smallest absolute Gasteiger partial charge is 0.137 e. The zero-order valence-electron chi connectivity index (χ0n) is 70.3. The third-order valence-electron chi connectivity index (χ3n) is 24.2. The predicted molar refractivity (Wildman–Crippen MR) is 533 cm³/mol. The molecule has 0 aliphatic carbocycles. The average molecular weight is 1650 g/mol. The second-order valence-electron chi connectivity index (χ2n) is 32.3. The minimum atomic E-state index is 0.934. The Morgan fingerprint density at radius 1 is 0.155 bits per heavy atom. The van der Waals surface area contributed by atoms with Crippen LogP contribution in [0.15, 0.2) is 492 Å². The minimum absolute atomic E-state index is 0.934. The van der Waals surface area contributed by atoms with Crippen LogP contribution in [0.3, 0.4) is 0 Å². The number of fused-ring (bicyclic) bond motifs is 6. The number of pyridine rings is 6. The fraction of sp³-hybridized carbons (Fsp3) is 0. The van der Waals surface area contributed by atoms with Crippen molar-refractivity contribution in [3.8, 4) is 168 Å². The minimum Gasteiger partial charge on any atom is -0.299 e. The molecule has 9 nitrogen and oxygen atoms in total. The fourth-order valence-corrected chi connectivity index (χ4v) is 17.8. The lowest BCUT2D eigenvalue weighted by molar-refractivity contribution is 1.19. The van der Waals surface area contributed by atoms with Gasteiger partial charge >= 0.3 is 0 Å². The molecule has 0 aliphatic rings. The van der Waals surface area contributed by atoms with Gasteiger partial charge in [0, 0.05) is 94.1 Å². The Kier molecular flexibility index (Phi) is 20.9. The lowest BCUT2D eigenvalue weighted by Gasteiger charge is -2.12. The van der Waals surface area contributed by atoms with Crippen molar-refractivity contribution >= 4 is 49.3 Å². The number of benzene rings is 15. The van der Waals surface area contributed by atoms with E-state index in [-0.39, 0.29) is 0 Å². The molecule has 0 spiro atoms. The maximum absolute atomic E-state index is 5.05. The Morgan fingerprint density at radius 3 is 0.783 bits per heavy atom. The maximum Gasteiger partial charge on any atom is 0.137 e. The summed E-state index contributed by atoms with van der Waals surface area (Å²) in [5.41, 5.74) is 36.4. The van der Waals surface area contributed by atoms with Crippen molar-refractivity contribution < 1.29 is 0 Å². The molecule has 0 aliphatic heterocycles. The van der Waals surface area contributed by atoms with Crippen LogP contribution in [0, 0.1) is 0 Å². The highest BCUT2D eigenvalue weighted by Gasteiger charge is 2.22. The first-order valence-electron chi connectivity index (χ1n) is 43.5. The van der Waals surface area contributed by atoms with E-state index in [9.17, 15) is 0 Å². The van der Waals surface area contributed by atoms with Crippen molar-refractivity contribution in [3.05, 3.63) is 492 Å². The first kappa shape index (κ1) is 77.6. The number of nitrogens with zero attached hydrogens (tertiary/aromatic N) is 9. The summed E-state index contributed by atoms with van der Waals surface area (Å²) in [6.07, 6.45) is 15.6. The van der Waals surface area contributed by atoms with Crippen molar-refractivity contribution in [2.75, 3.05) is 0 Å². The summed E-state index contributed by atoms with van der Waals surface area (Å²) in [7, 11) is 0. The first-order valence-corrected chi connectivity index (χ1v) is 43.5. The molecule has 0 saturated carbocycles. The van der Waals surface area contributed by atoms with Crippen LogP contribution >= 0.6 is 0 Å². The molecule has 606 valence electrons. The van der Waals surface area contributed by atoms with E-state index in [0.717, 1.165) is 140 Å². The quantitative estimate of drug-likeness (QED) is 0.102. The molecule has 9 aromatic heterocycles. The fourth-order valence-electron chi connectivity index (χ4n) is 17.8. The molecule has 24 rings (SSSR count). The zero-order valence-corrected chi connectivity index (χ0v) is 70.3. The Balaban J connectivity index is 0.000000114. The molecule has 0 saturated heterocycles. The van der Waals surface area contributed by atoms with Gasteiger partial charge in [0.1, 0.15) is 16.9 Å². The summed E-state index contributed by atoms with van der Waals surface area (Å²) in [5.74, 6) is 0. The standard InChI is InChI=1S/3C40H27N3/c1-2-11-31(12-3-1)40-39(42-38-15-7-9-23-43(38)40)30-19-16-29(17-20-30)34-25-35(27-36(26-34)37-14-6-8-22-41-37)33-21-18-28-10-4-5-13-32(28)24-33;1-2-10-31(11-3-1)40-39(42-38-14-6-7-22-43(38)40)30-18-15-29(16-19-30)35-24-36(26-37(25-35)34-13-8-21-41-27-34)33-20-17-28-9-4-5-12-32(28)23-33;1-2-9-32(10-3-1)40-39(42-38-12-6-7-23-43(38)40)31-16-13-29(14-17-31)35-25-36(30-19-21-41-22-20-30)27-37(26-35)34-18-15-28-8-4-5-11-33(28)24-34/h3*1-27H. The van der Waals surface area contributed by atoms with E-state index in [1.807, 2.05) is 85.6 Å². The van der Waals surface area contributed by atoms with Gasteiger partial charge in [-0.2, -0.15) is 0 Å². The molecule has 0 fully saturated rings. The zero-order chi connectivity index (χ0) is 85.8. The van der Waals surface area contributed by atoms with Gasteiger partial charge in [0.15, 0.2) is 0 Å². The molecule has 0 atom stereocenters. The molecule has 24 aromatic rings. The van der Waals surface area contributed by atoms with Crippen molar-refractivity contribution in [3.63, 3.8) is 0 Å². The molecule has 9 heterocycles. The van der Waals surface area contributed by atoms with Crippen LogP contribution in [0.4, 0.5) is 0 Å². The molecule has 0 unspecified atom stereocenters. The van der Waals surface area contributed by atoms with Crippen LogP contribution in [0.2, 0.25) is 0 Å². The number of aromatic nitrogens is 9. The van der Waals surface area contributed by atoms with Crippen LogP contribution in [-0.4, -0.2) is 43.1 Å². The molecular formula is C120H81N9. The van der Waals surface area contributed by atoms with E-state index in [1.54, 1.807) is 0 Å². The summed E-state index contributed by atoms with van der Waals surface area (Å²) < 4.78 is 6.52. The molecule has 15 aromatic carbocycles. The monoisotopic (exact) mass is 1650 g/mol. The van der Waals surface area contributed by atoms with Crippen LogP contribution < -0.4 is 0 Å². The van der Waals surface area contributed by atoms with E-state index in [4.69, 9.17) is 15.0 Å². The highest BCUT2D eigenvalue weighted by molar-refractivity contribution is 5.95. The highest BCUT2D eigenvalue weighted by Crippen LogP contribution is 2.43. The van der Waals surface area contributed by atoms with Gasteiger partial charge in [0.05, 0.1) is 39.9 Å².